The normalized spacial score (nSPS) is 17.9. The van der Waals surface area contributed by atoms with E-state index in [1.54, 1.807) is 18.2 Å². The topological polar surface area (TPSA) is 70.1 Å². The number of aliphatic hydroxyl groups is 1. The number of nitrogens with zero attached hydrogens (tertiary/aromatic N) is 2. The van der Waals surface area contributed by atoms with Crippen molar-refractivity contribution in [3.8, 4) is 5.75 Å². The van der Waals surface area contributed by atoms with Crippen LogP contribution >= 0.6 is 0 Å². The summed E-state index contributed by atoms with van der Waals surface area (Å²) in [6.07, 6.45) is 0.291. The number of benzene rings is 1. The molecule has 1 aliphatic rings. The number of piperazine rings is 1. The molecule has 0 radical (unpaired) electrons. The largest absolute Gasteiger partial charge is 0.497 e. The van der Waals surface area contributed by atoms with Crippen molar-refractivity contribution in [2.45, 2.75) is 11.3 Å². The predicted molar refractivity (Wildman–Crippen MR) is 80.0 cm³/mol. The summed E-state index contributed by atoms with van der Waals surface area (Å²) in [6, 6.07) is 4.89. The van der Waals surface area contributed by atoms with Gasteiger partial charge in [-0.25, -0.2) is 8.42 Å². The van der Waals surface area contributed by atoms with Gasteiger partial charge in [-0.1, -0.05) is 0 Å². The second-order valence-corrected chi connectivity index (χ2v) is 7.06. The predicted octanol–water partition coefficient (Wildman–Crippen LogP) is 0.166. The smallest absolute Gasteiger partial charge is 0.243 e. The van der Waals surface area contributed by atoms with Crippen LogP contribution in [0.15, 0.2) is 23.1 Å². The van der Waals surface area contributed by atoms with E-state index in [0.717, 1.165) is 13.1 Å². The number of rotatable bonds is 5. The summed E-state index contributed by atoms with van der Waals surface area (Å²) in [5.41, 5.74) is 0.593. The minimum absolute atomic E-state index is 0.0988. The lowest BCUT2D eigenvalue weighted by Gasteiger charge is -2.32. The van der Waals surface area contributed by atoms with Crippen LogP contribution in [0.25, 0.3) is 0 Å². The van der Waals surface area contributed by atoms with Crippen molar-refractivity contribution in [1.82, 2.24) is 9.21 Å². The van der Waals surface area contributed by atoms with Gasteiger partial charge in [0.15, 0.2) is 0 Å². The number of sulfonamides is 1. The van der Waals surface area contributed by atoms with Crippen molar-refractivity contribution in [1.29, 1.82) is 0 Å². The molecule has 2 rings (SSSR count). The third-order valence-corrected chi connectivity index (χ3v) is 5.73. The van der Waals surface area contributed by atoms with Crippen LogP contribution in [0.5, 0.6) is 5.75 Å². The maximum atomic E-state index is 12.8. The molecule has 1 N–H and O–H groups in total. The highest BCUT2D eigenvalue weighted by atomic mass is 32.2. The molecule has 0 bridgehead atoms. The van der Waals surface area contributed by atoms with Gasteiger partial charge in [0.25, 0.3) is 0 Å². The lowest BCUT2D eigenvalue weighted by molar-refractivity contribution is 0.222. The van der Waals surface area contributed by atoms with Gasteiger partial charge in [0.1, 0.15) is 5.75 Å². The van der Waals surface area contributed by atoms with Crippen LogP contribution < -0.4 is 4.74 Å². The first-order chi connectivity index (χ1) is 9.98. The van der Waals surface area contributed by atoms with Gasteiger partial charge >= 0.3 is 0 Å². The number of hydrogen-bond donors (Lipinski definition) is 1. The summed E-state index contributed by atoms with van der Waals surface area (Å²) >= 11 is 0. The Labute approximate surface area is 126 Å². The van der Waals surface area contributed by atoms with Gasteiger partial charge in [-0.05, 0) is 37.2 Å². The summed E-state index contributed by atoms with van der Waals surface area (Å²) in [5, 5.41) is 9.16. The van der Waals surface area contributed by atoms with E-state index in [1.807, 2.05) is 7.05 Å². The molecule has 1 heterocycles. The van der Waals surface area contributed by atoms with Crippen LogP contribution in [0.3, 0.4) is 0 Å². The lowest BCUT2D eigenvalue weighted by Crippen LogP contribution is -2.47. The minimum Gasteiger partial charge on any atom is -0.497 e. The maximum Gasteiger partial charge on any atom is 0.243 e. The highest BCUT2D eigenvalue weighted by molar-refractivity contribution is 7.89. The Balaban J connectivity index is 2.34. The van der Waals surface area contributed by atoms with Crippen molar-refractivity contribution in [2.24, 2.45) is 0 Å². The van der Waals surface area contributed by atoms with E-state index in [4.69, 9.17) is 9.84 Å². The second kappa shape index (κ2) is 6.74. The summed E-state index contributed by atoms with van der Waals surface area (Å²) in [4.78, 5) is 2.37. The van der Waals surface area contributed by atoms with Crippen molar-refractivity contribution in [3.63, 3.8) is 0 Å². The maximum absolute atomic E-state index is 12.8. The van der Waals surface area contributed by atoms with Gasteiger partial charge in [0.2, 0.25) is 10.0 Å². The van der Waals surface area contributed by atoms with Crippen LogP contribution in [0, 0.1) is 0 Å². The minimum atomic E-state index is -3.52. The fourth-order valence-electron chi connectivity index (χ4n) is 2.42. The second-order valence-electron chi connectivity index (χ2n) is 5.15. The van der Waals surface area contributed by atoms with Crippen molar-refractivity contribution >= 4 is 10.0 Å². The van der Waals surface area contributed by atoms with Gasteiger partial charge < -0.3 is 14.7 Å². The fourth-order valence-corrected chi connectivity index (χ4v) is 4.07. The SMILES string of the molecule is COc1ccc(S(=O)(=O)N2CCN(C)CC2)c(CCO)c1. The molecule has 0 saturated carbocycles. The fraction of sp³-hybridized carbons (Fsp3) is 0.571. The van der Waals surface area contributed by atoms with E-state index in [9.17, 15) is 8.42 Å². The van der Waals surface area contributed by atoms with E-state index in [0.29, 0.717) is 30.8 Å². The monoisotopic (exact) mass is 314 g/mol. The van der Waals surface area contributed by atoms with Crippen LogP contribution in [0.1, 0.15) is 5.56 Å². The average Bonchev–Trinajstić information content (AvgIpc) is 2.47. The van der Waals surface area contributed by atoms with Crippen LogP contribution in [0.2, 0.25) is 0 Å². The Hall–Kier alpha value is -1.15. The van der Waals surface area contributed by atoms with Gasteiger partial charge in [-0.15, -0.1) is 0 Å². The number of likely N-dealkylation sites (N-methyl/N-ethyl adjacent to an activating group) is 1. The zero-order valence-corrected chi connectivity index (χ0v) is 13.3. The Morgan fingerprint density at radius 3 is 2.48 bits per heavy atom. The molecule has 1 aromatic carbocycles. The Morgan fingerprint density at radius 1 is 1.24 bits per heavy atom. The van der Waals surface area contributed by atoms with E-state index < -0.39 is 10.0 Å². The first-order valence-electron chi connectivity index (χ1n) is 6.95. The Kier molecular flexibility index (Phi) is 5.21. The van der Waals surface area contributed by atoms with E-state index >= 15 is 0 Å². The quantitative estimate of drug-likeness (QED) is 0.839. The van der Waals surface area contributed by atoms with Crippen LogP contribution in [-0.4, -0.2) is 69.7 Å². The molecule has 1 fully saturated rings. The molecule has 118 valence electrons. The zero-order chi connectivity index (χ0) is 15.5. The molecular formula is C14H22N2O4S. The van der Waals surface area contributed by atoms with Gasteiger partial charge in [0, 0.05) is 32.8 Å². The highest BCUT2D eigenvalue weighted by Gasteiger charge is 2.29. The molecule has 0 unspecified atom stereocenters. The average molecular weight is 314 g/mol. The van der Waals surface area contributed by atoms with E-state index in [1.165, 1.54) is 11.4 Å². The Morgan fingerprint density at radius 2 is 1.90 bits per heavy atom. The number of aliphatic hydroxyl groups excluding tert-OH is 1. The Bertz CT molecular complexity index is 581. The van der Waals surface area contributed by atoms with Gasteiger partial charge in [-0.3, -0.25) is 0 Å². The van der Waals surface area contributed by atoms with Crippen molar-refractivity contribution < 1.29 is 18.3 Å². The summed E-state index contributed by atoms with van der Waals surface area (Å²) in [7, 11) is -0.00818. The number of hydrogen-bond acceptors (Lipinski definition) is 5. The first kappa shape index (κ1) is 16.2. The van der Waals surface area contributed by atoms with E-state index in [-0.39, 0.29) is 11.5 Å². The van der Waals surface area contributed by atoms with Crippen molar-refractivity contribution in [3.05, 3.63) is 23.8 Å². The molecule has 1 saturated heterocycles. The number of methoxy groups -OCH3 is 1. The first-order valence-corrected chi connectivity index (χ1v) is 8.39. The highest BCUT2D eigenvalue weighted by Crippen LogP contribution is 2.25. The molecule has 0 atom stereocenters. The summed E-state index contributed by atoms with van der Waals surface area (Å²) in [5.74, 6) is 0.593. The number of ether oxygens (including phenoxy) is 1. The molecular weight excluding hydrogens is 292 g/mol. The summed E-state index contributed by atoms with van der Waals surface area (Å²) < 4.78 is 32.2. The van der Waals surface area contributed by atoms with Gasteiger partial charge in [0.05, 0.1) is 12.0 Å². The molecule has 0 aliphatic carbocycles. The van der Waals surface area contributed by atoms with E-state index in [2.05, 4.69) is 4.90 Å². The molecule has 6 nitrogen and oxygen atoms in total. The van der Waals surface area contributed by atoms with Gasteiger partial charge in [-0.2, -0.15) is 4.31 Å². The third kappa shape index (κ3) is 3.55. The molecule has 1 aromatic rings. The standard InChI is InChI=1S/C14H22N2O4S/c1-15-6-8-16(9-7-15)21(18,19)14-4-3-13(20-2)11-12(14)5-10-17/h3-4,11,17H,5-10H2,1-2H3. The van der Waals surface area contributed by atoms with Crippen LogP contribution in [0.4, 0.5) is 0 Å². The molecule has 0 amide bonds. The zero-order valence-electron chi connectivity index (χ0n) is 12.4. The van der Waals surface area contributed by atoms with Crippen molar-refractivity contribution in [2.75, 3.05) is 46.9 Å². The third-order valence-electron chi connectivity index (χ3n) is 3.73. The van der Waals surface area contributed by atoms with Crippen LogP contribution in [-0.2, 0) is 16.4 Å². The molecule has 0 spiro atoms. The molecule has 7 heteroatoms. The molecule has 1 aliphatic heterocycles. The molecule has 21 heavy (non-hydrogen) atoms. The lowest BCUT2D eigenvalue weighted by atomic mass is 10.1. The summed E-state index contributed by atoms with van der Waals surface area (Å²) in [6.45, 7) is 2.33. The molecule has 0 aromatic heterocycles.